The SMILES string of the molecule is CCCNC1CCN(CCS(N)(=O)=O)c2ccccc21. The highest BCUT2D eigenvalue weighted by atomic mass is 32.2. The molecule has 1 atom stereocenters. The molecule has 0 fully saturated rings. The molecular weight excluding hydrogens is 274 g/mol. The summed E-state index contributed by atoms with van der Waals surface area (Å²) in [5.41, 5.74) is 2.37. The van der Waals surface area contributed by atoms with Crippen LogP contribution in [0.5, 0.6) is 0 Å². The van der Waals surface area contributed by atoms with Gasteiger partial charge in [0.1, 0.15) is 0 Å². The Hall–Kier alpha value is -1.11. The van der Waals surface area contributed by atoms with Gasteiger partial charge in [-0.25, -0.2) is 13.6 Å². The van der Waals surface area contributed by atoms with Gasteiger partial charge in [-0.2, -0.15) is 0 Å². The molecule has 5 nitrogen and oxygen atoms in total. The van der Waals surface area contributed by atoms with E-state index >= 15 is 0 Å². The van der Waals surface area contributed by atoms with Crippen molar-refractivity contribution in [2.45, 2.75) is 25.8 Å². The fourth-order valence-electron chi connectivity index (χ4n) is 2.63. The average molecular weight is 297 g/mol. The largest absolute Gasteiger partial charge is 0.370 e. The second-order valence-electron chi connectivity index (χ2n) is 5.21. The van der Waals surface area contributed by atoms with Gasteiger partial charge >= 0.3 is 0 Å². The van der Waals surface area contributed by atoms with E-state index in [1.54, 1.807) is 0 Å². The lowest BCUT2D eigenvalue weighted by Crippen LogP contribution is -2.39. The maximum absolute atomic E-state index is 11.1. The maximum Gasteiger partial charge on any atom is 0.210 e. The van der Waals surface area contributed by atoms with E-state index in [2.05, 4.69) is 29.3 Å². The summed E-state index contributed by atoms with van der Waals surface area (Å²) in [6.45, 7) is 4.46. The predicted molar refractivity (Wildman–Crippen MR) is 82.3 cm³/mol. The molecule has 1 aromatic rings. The molecule has 0 saturated carbocycles. The van der Waals surface area contributed by atoms with E-state index in [-0.39, 0.29) is 5.75 Å². The van der Waals surface area contributed by atoms with Gasteiger partial charge in [-0.1, -0.05) is 25.1 Å². The van der Waals surface area contributed by atoms with E-state index < -0.39 is 10.0 Å². The van der Waals surface area contributed by atoms with Gasteiger partial charge in [0.2, 0.25) is 10.0 Å². The molecule has 3 N–H and O–H groups in total. The first kappa shape index (κ1) is 15.3. The van der Waals surface area contributed by atoms with Crippen molar-refractivity contribution in [3.8, 4) is 0 Å². The normalized spacial score (nSPS) is 18.9. The van der Waals surface area contributed by atoms with Crippen molar-refractivity contribution in [2.75, 3.05) is 30.3 Å². The van der Waals surface area contributed by atoms with E-state index in [1.165, 1.54) is 5.56 Å². The van der Waals surface area contributed by atoms with Crippen LogP contribution in [-0.2, 0) is 10.0 Å². The smallest absolute Gasteiger partial charge is 0.210 e. The number of hydrogen-bond acceptors (Lipinski definition) is 4. The number of rotatable bonds is 6. The van der Waals surface area contributed by atoms with Gasteiger partial charge in [0.15, 0.2) is 0 Å². The van der Waals surface area contributed by atoms with Crippen LogP contribution in [0.25, 0.3) is 0 Å². The Morgan fingerprint density at radius 3 is 2.85 bits per heavy atom. The first-order valence-corrected chi connectivity index (χ1v) is 8.80. The monoisotopic (exact) mass is 297 g/mol. The van der Waals surface area contributed by atoms with E-state index in [0.29, 0.717) is 12.6 Å². The van der Waals surface area contributed by atoms with Gasteiger partial charge in [0.25, 0.3) is 0 Å². The molecule has 0 bridgehead atoms. The van der Waals surface area contributed by atoms with Crippen LogP contribution >= 0.6 is 0 Å². The van der Waals surface area contributed by atoms with Crippen LogP contribution in [-0.4, -0.2) is 33.8 Å². The average Bonchev–Trinajstić information content (AvgIpc) is 2.42. The number of benzene rings is 1. The zero-order valence-corrected chi connectivity index (χ0v) is 12.7. The number of anilines is 1. The van der Waals surface area contributed by atoms with Crippen LogP contribution in [0, 0.1) is 0 Å². The molecule has 0 spiro atoms. The van der Waals surface area contributed by atoms with Gasteiger partial charge in [0, 0.05) is 24.8 Å². The Bertz CT molecular complexity index is 545. The second-order valence-corrected chi connectivity index (χ2v) is 6.94. The Balaban J connectivity index is 2.14. The van der Waals surface area contributed by atoms with Crippen molar-refractivity contribution >= 4 is 15.7 Å². The first-order valence-electron chi connectivity index (χ1n) is 7.09. The highest BCUT2D eigenvalue weighted by molar-refractivity contribution is 7.89. The van der Waals surface area contributed by atoms with Crippen LogP contribution in [0.2, 0.25) is 0 Å². The van der Waals surface area contributed by atoms with Crippen LogP contribution < -0.4 is 15.4 Å². The lowest BCUT2D eigenvalue weighted by molar-refractivity contribution is 0.479. The quantitative estimate of drug-likeness (QED) is 0.828. The number of hydrogen-bond donors (Lipinski definition) is 2. The summed E-state index contributed by atoms with van der Waals surface area (Å²) < 4.78 is 22.3. The number of sulfonamides is 1. The standard InChI is InChI=1S/C14H23N3O2S/c1-2-8-16-13-7-9-17(10-11-20(15,18)19)14-6-4-3-5-12(13)14/h3-6,13,16H,2,7-11H2,1H3,(H2,15,18,19). The van der Waals surface area contributed by atoms with Crippen molar-refractivity contribution in [1.29, 1.82) is 0 Å². The molecule has 0 amide bonds. The minimum atomic E-state index is -3.41. The number of primary sulfonamides is 1. The summed E-state index contributed by atoms with van der Waals surface area (Å²) in [5.74, 6) is -0.00557. The first-order chi connectivity index (χ1) is 9.51. The van der Waals surface area contributed by atoms with E-state index in [0.717, 1.165) is 31.6 Å². The Morgan fingerprint density at radius 2 is 2.15 bits per heavy atom. The number of nitrogens with one attached hydrogen (secondary N) is 1. The zero-order chi connectivity index (χ0) is 14.6. The summed E-state index contributed by atoms with van der Waals surface area (Å²) >= 11 is 0. The van der Waals surface area contributed by atoms with Crippen LogP contribution in [0.1, 0.15) is 31.4 Å². The fraction of sp³-hybridized carbons (Fsp3) is 0.571. The molecule has 1 aromatic carbocycles. The number of nitrogens with zero attached hydrogens (tertiary/aromatic N) is 1. The summed E-state index contributed by atoms with van der Waals surface area (Å²) in [6.07, 6.45) is 2.09. The third kappa shape index (κ3) is 3.94. The van der Waals surface area contributed by atoms with Gasteiger partial charge in [-0.15, -0.1) is 0 Å². The van der Waals surface area contributed by atoms with Gasteiger partial charge in [0.05, 0.1) is 5.75 Å². The molecule has 0 saturated heterocycles. The second kappa shape index (κ2) is 6.56. The van der Waals surface area contributed by atoms with Crippen LogP contribution in [0.4, 0.5) is 5.69 Å². The molecule has 0 radical (unpaired) electrons. The van der Waals surface area contributed by atoms with Crippen LogP contribution in [0.3, 0.4) is 0 Å². The fourth-order valence-corrected chi connectivity index (χ4v) is 3.11. The lowest BCUT2D eigenvalue weighted by Gasteiger charge is -2.36. The molecule has 1 aliphatic heterocycles. The Morgan fingerprint density at radius 1 is 1.40 bits per heavy atom. The zero-order valence-electron chi connectivity index (χ0n) is 11.9. The summed E-state index contributed by atoms with van der Waals surface area (Å²) in [7, 11) is -3.41. The number of fused-ring (bicyclic) bond motifs is 1. The third-order valence-corrected chi connectivity index (χ3v) is 4.38. The molecule has 0 aliphatic carbocycles. The Labute approximate surface area is 121 Å². The Kier molecular flexibility index (Phi) is 5.01. The van der Waals surface area contributed by atoms with Crippen molar-refractivity contribution < 1.29 is 8.42 Å². The molecule has 2 rings (SSSR count). The summed E-state index contributed by atoms with van der Waals surface area (Å²) in [6, 6.07) is 8.55. The van der Waals surface area contributed by atoms with E-state index in [4.69, 9.17) is 5.14 Å². The van der Waals surface area contributed by atoms with Crippen molar-refractivity contribution in [3.05, 3.63) is 29.8 Å². The molecule has 6 heteroatoms. The van der Waals surface area contributed by atoms with Crippen LogP contribution in [0.15, 0.2) is 24.3 Å². The van der Waals surface area contributed by atoms with Gasteiger partial charge in [-0.05, 0) is 31.0 Å². The topological polar surface area (TPSA) is 75.4 Å². The third-order valence-electron chi connectivity index (χ3n) is 3.63. The molecule has 0 aromatic heterocycles. The van der Waals surface area contributed by atoms with Gasteiger partial charge in [-0.3, -0.25) is 0 Å². The molecule has 112 valence electrons. The molecule has 1 aliphatic rings. The van der Waals surface area contributed by atoms with E-state index in [9.17, 15) is 8.42 Å². The van der Waals surface area contributed by atoms with Crippen molar-refractivity contribution in [3.63, 3.8) is 0 Å². The summed E-state index contributed by atoms with van der Waals surface area (Å²) in [4.78, 5) is 2.11. The van der Waals surface area contributed by atoms with Gasteiger partial charge < -0.3 is 10.2 Å². The highest BCUT2D eigenvalue weighted by Gasteiger charge is 2.24. The van der Waals surface area contributed by atoms with E-state index in [1.807, 2.05) is 12.1 Å². The maximum atomic E-state index is 11.1. The minimum absolute atomic E-state index is 0.00557. The minimum Gasteiger partial charge on any atom is -0.370 e. The number of nitrogens with two attached hydrogens (primary N) is 1. The molecule has 1 heterocycles. The highest BCUT2D eigenvalue weighted by Crippen LogP contribution is 2.33. The van der Waals surface area contributed by atoms with Crippen molar-refractivity contribution in [1.82, 2.24) is 5.32 Å². The summed E-state index contributed by atoms with van der Waals surface area (Å²) in [5, 5.41) is 8.65. The van der Waals surface area contributed by atoms with Crippen molar-refractivity contribution in [2.24, 2.45) is 5.14 Å². The predicted octanol–water partition coefficient (Wildman–Crippen LogP) is 1.23. The lowest BCUT2D eigenvalue weighted by atomic mass is 9.96. The molecule has 20 heavy (non-hydrogen) atoms. The molecular formula is C14H23N3O2S. The molecule has 1 unspecified atom stereocenters. The number of para-hydroxylation sites is 1.